The lowest BCUT2D eigenvalue weighted by Crippen LogP contribution is -2.17. The van der Waals surface area contributed by atoms with Gasteiger partial charge in [-0.3, -0.25) is 0 Å². The van der Waals surface area contributed by atoms with Gasteiger partial charge in [-0.1, -0.05) is 26.3 Å². The maximum Gasteiger partial charge on any atom is 0.330 e. The van der Waals surface area contributed by atoms with Crippen molar-refractivity contribution in [2.75, 3.05) is 7.11 Å². The fraction of sp³-hybridized carbons (Fsp3) is 0.727. The molecule has 2 heteroatoms. The van der Waals surface area contributed by atoms with Gasteiger partial charge in [0.05, 0.1) is 7.11 Å². The van der Waals surface area contributed by atoms with E-state index in [1.54, 1.807) is 6.08 Å². The number of hydrogen-bond donors (Lipinski definition) is 0. The van der Waals surface area contributed by atoms with Crippen LogP contribution in [0.1, 0.15) is 33.6 Å². The van der Waals surface area contributed by atoms with Crippen LogP contribution in [-0.2, 0) is 9.53 Å². The van der Waals surface area contributed by atoms with E-state index in [0.717, 1.165) is 6.42 Å². The largest absolute Gasteiger partial charge is 0.466 e. The number of allylic oxidation sites excluding steroid dienone is 1. The summed E-state index contributed by atoms with van der Waals surface area (Å²) in [6.45, 7) is 6.62. The maximum atomic E-state index is 11.1. The Hall–Kier alpha value is -0.790. The van der Waals surface area contributed by atoms with Crippen molar-refractivity contribution < 1.29 is 9.53 Å². The molecule has 0 spiro atoms. The zero-order valence-corrected chi connectivity index (χ0v) is 8.89. The van der Waals surface area contributed by atoms with Crippen molar-refractivity contribution in [3.8, 4) is 0 Å². The summed E-state index contributed by atoms with van der Waals surface area (Å²) in [6.07, 6.45) is 3.86. The fourth-order valence-electron chi connectivity index (χ4n) is 1.83. The minimum atomic E-state index is -0.225. The number of methoxy groups -OCH3 is 1. The molecule has 0 bridgehead atoms. The monoisotopic (exact) mass is 182 g/mol. The molecule has 1 aliphatic rings. The molecule has 1 aliphatic carbocycles. The Labute approximate surface area is 80.0 Å². The van der Waals surface area contributed by atoms with Crippen LogP contribution in [0.25, 0.3) is 0 Å². The van der Waals surface area contributed by atoms with Gasteiger partial charge < -0.3 is 4.74 Å². The summed E-state index contributed by atoms with van der Waals surface area (Å²) in [5.41, 5.74) is 1.39. The topological polar surface area (TPSA) is 26.3 Å². The Balaban J connectivity index is 2.83. The third-order valence-electron chi connectivity index (χ3n) is 3.40. The van der Waals surface area contributed by atoms with Crippen LogP contribution >= 0.6 is 0 Å². The predicted molar refractivity (Wildman–Crippen MR) is 52.3 cm³/mol. The van der Waals surface area contributed by atoms with Crippen LogP contribution < -0.4 is 0 Å². The van der Waals surface area contributed by atoms with E-state index < -0.39 is 0 Å². The van der Waals surface area contributed by atoms with Gasteiger partial charge in [-0.25, -0.2) is 4.79 Å². The zero-order chi connectivity index (χ0) is 10.1. The van der Waals surface area contributed by atoms with Crippen LogP contribution in [0.15, 0.2) is 11.6 Å². The Morgan fingerprint density at radius 2 is 2.23 bits per heavy atom. The highest BCUT2D eigenvalue weighted by Gasteiger charge is 2.35. The Bertz CT molecular complexity index is 238. The van der Waals surface area contributed by atoms with Gasteiger partial charge >= 0.3 is 5.97 Å². The average Bonchev–Trinajstić information content (AvgIpc) is 2.31. The maximum absolute atomic E-state index is 11.1. The number of carbonyl (C=O) groups is 1. The van der Waals surface area contributed by atoms with Gasteiger partial charge in [-0.05, 0) is 24.2 Å². The Kier molecular flexibility index (Phi) is 2.79. The molecule has 74 valence electrons. The Morgan fingerprint density at radius 1 is 1.62 bits per heavy atom. The first-order valence-electron chi connectivity index (χ1n) is 4.77. The molecule has 1 rings (SSSR count). The van der Waals surface area contributed by atoms with Crippen molar-refractivity contribution in [1.82, 2.24) is 0 Å². The van der Waals surface area contributed by atoms with Gasteiger partial charge in [0.25, 0.3) is 0 Å². The van der Waals surface area contributed by atoms with Crippen molar-refractivity contribution in [2.45, 2.75) is 33.6 Å². The van der Waals surface area contributed by atoms with E-state index in [1.165, 1.54) is 19.1 Å². The van der Waals surface area contributed by atoms with Crippen molar-refractivity contribution in [2.24, 2.45) is 11.3 Å². The van der Waals surface area contributed by atoms with E-state index in [4.69, 9.17) is 0 Å². The normalized spacial score (nSPS) is 29.2. The summed E-state index contributed by atoms with van der Waals surface area (Å²) in [6, 6.07) is 0. The van der Waals surface area contributed by atoms with Crippen LogP contribution in [0, 0.1) is 11.3 Å². The van der Waals surface area contributed by atoms with E-state index in [9.17, 15) is 4.79 Å². The van der Waals surface area contributed by atoms with Gasteiger partial charge in [0.2, 0.25) is 0 Å². The minimum absolute atomic E-state index is 0.161. The second kappa shape index (κ2) is 3.52. The molecule has 1 saturated carbocycles. The zero-order valence-electron chi connectivity index (χ0n) is 8.89. The molecule has 1 atom stereocenters. The molecule has 0 aromatic carbocycles. The quantitative estimate of drug-likeness (QED) is 0.460. The van der Waals surface area contributed by atoms with E-state index in [0.29, 0.717) is 5.92 Å². The van der Waals surface area contributed by atoms with E-state index in [2.05, 4.69) is 25.5 Å². The van der Waals surface area contributed by atoms with Crippen LogP contribution in [0.4, 0.5) is 0 Å². The molecule has 0 aromatic rings. The average molecular weight is 182 g/mol. The lowest BCUT2D eigenvalue weighted by Gasteiger charge is -2.25. The van der Waals surface area contributed by atoms with E-state index in [1.807, 2.05) is 0 Å². The van der Waals surface area contributed by atoms with Crippen molar-refractivity contribution in [3.63, 3.8) is 0 Å². The standard InChI is InChI=1S/C11H18O2/c1-8-5-6-9(11(8,2)3)7-10(12)13-4/h7-8H,5-6H2,1-4H3/b9-7-/t8-/m0/s1. The summed E-state index contributed by atoms with van der Waals surface area (Å²) in [4.78, 5) is 11.1. The van der Waals surface area contributed by atoms with E-state index >= 15 is 0 Å². The van der Waals surface area contributed by atoms with Gasteiger partial charge in [-0.2, -0.15) is 0 Å². The minimum Gasteiger partial charge on any atom is -0.466 e. The van der Waals surface area contributed by atoms with Crippen molar-refractivity contribution in [3.05, 3.63) is 11.6 Å². The summed E-state index contributed by atoms with van der Waals surface area (Å²) < 4.78 is 4.63. The van der Waals surface area contributed by atoms with Crippen molar-refractivity contribution >= 4 is 5.97 Å². The highest BCUT2D eigenvalue weighted by molar-refractivity contribution is 5.83. The molecule has 0 N–H and O–H groups in total. The number of rotatable bonds is 1. The molecule has 0 aromatic heterocycles. The number of hydrogen-bond acceptors (Lipinski definition) is 2. The number of carbonyl (C=O) groups excluding carboxylic acids is 1. The fourth-order valence-corrected chi connectivity index (χ4v) is 1.83. The second-order valence-electron chi connectivity index (χ2n) is 4.35. The van der Waals surface area contributed by atoms with Crippen molar-refractivity contribution in [1.29, 1.82) is 0 Å². The first-order chi connectivity index (χ1) is 5.98. The Morgan fingerprint density at radius 3 is 2.62 bits per heavy atom. The molecule has 2 nitrogen and oxygen atoms in total. The lowest BCUT2D eigenvalue weighted by molar-refractivity contribution is -0.134. The van der Waals surface area contributed by atoms with Gasteiger partial charge in [-0.15, -0.1) is 0 Å². The number of ether oxygens (including phenoxy) is 1. The van der Waals surface area contributed by atoms with Gasteiger partial charge in [0.1, 0.15) is 0 Å². The molecule has 0 aliphatic heterocycles. The molecule has 0 amide bonds. The summed E-state index contributed by atoms with van der Waals surface area (Å²) in [5.74, 6) is 0.431. The molecule has 0 heterocycles. The molecular formula is C11H18O2. The molecule has 1 fully saturated rings. The van der Waals surface area contributed by atoms with E-state index in [-0.39, 0.29) is 11.4 Å². The summed E-state index contributed by atoms with van der Waals surface area (Å²) >= 11 is 0. The second-order valence-corrected chi connectivity index (χ2v) is 4.35. The molecule has 0 radical (unpaired) electrons. The highest BCUT2D eigenvalue weighted by Crippen LogP contribution is 2.46. The van der Waals surface area contributed by atoms with Crippen LogP contribution in [-0.4, -0.2) is 13.1 Å². The first-order valence-corrected chi connectivity index (χ1v) is 4.77. The smallest absolute Gasteiger partial charge is 0.330 e. The van der Waals surface area contributed by atoms with Gasteiger partial charge in [0, 0.05) is 6.08 Å². The highest BCUT2D eigenvalue weighted by atomic mass is 16.5. The van der Waals surface area contributed by atoms with Crippen LogP contribution in [0.5, 0.6) is 0 Å². The predicted octanol–water partition coefficient (Wildman–Crippen LogP) is 2.54. The lowest BCUT2D eigenvalue weighted by atomic mass is 9.80. The molecular weight excluding hydrogens is 164 g/mol. The third kappa shape index (κ3) is 1.93. The first kappa shape index (κ1) is 10.3. The van der Waals surface area contributed by atoms with Crippen LogP contribution in [0.3, 0.4) is 0 Å². The molecule has 13 heavy (non-hydrogen) atoms. The third-order valence-corrected chi connectivity index (χ3v) is 3.40. The molecule has 0 unspecified atom stereocenters. The summed E-state index contributed by atoms with van der Waals surface area (Å²) in [5, 5.41) is 0. The SMILES string of the molecule is COC(=O)/C=C1/CC[C@H](C)C1(C)C. The van der Waals surface area contributed by atoms with Crippen LogP contribution in [0.2, 0.25) is 0 Å². The number of esters is 1. The molecule has 0 saturated heterocycles. The van der Waals surface area contributed by atoms with Gasteiger partial charge in [0.15, 0.2) is 0 Å². The summed E-state index contributed by atoms with van der Waals surface area (Å²) in [7, 11) is 1.42.